The van der Waals surface area contributed by atoms with E-state index in [-0.39, 0.29) is 42.8 Å². The number of benzene rings is 3. The highest BCUT2D eigenvalue weighted by atomic mass is 35.5. The molecule has 0 unspecified atom stereocenters. The van der Waals surface area contributed by atoms with Gasteiger partial charge in [-0.05, 0) is 79.9 Å². The highest BCUT2D eigenvalue weighted by molar-refractivity contribution is 7.07. The fraction of sp³-hybridized carbons (Fsp3) is 0.278. The summed E-state index contributed by atoms with van der Waals surface area (Å²) >= 11 is 13.9. The van der Waals surface area contributed by atoms with E-state index < -0.39 is 23.5 Å². The van der Waals surface area contributed by atoms with Crippen LogP contribution in [0.5, 0.6) is 23.0 Å². The number of esters is 2. The Morgan fingerprint density at radius 1 is 0.960 bits per heavy atom. The van der Waals surface area contributed by atoms with Gasteiger partial charge in [-0.15, -0.1) is 0 Å². The van der Waals surface area contributed by atoms with E-state index in [1.165, 1.54) is 18.8 Å². The largest absolute Gasteiger partial charge is 0.493 e. The molecule has 1 aliphatic rings. The predicted molar refractivity (Wildman–Crippen MR) is 189 cm³/mol. The van der Waals surface area contributed by atoms with Crippen molar-refractivity contribution in [2.24, 2.45) is 4.99 Å². The van der Waals surface area contributed by atoms with Gasteiger partial charge in [-0.1, -0.05) is 52.7 Å². The number of fused-ring (bicyclic) bond motifs is 1. The molecule has 5 rings (SSSR count). The Morgan fingerprint density at radius 3 is 2.46 bits per heavy atom. The SMILES string of the molecule is CCOC(=O)C1=C(C)N=c2s/c(=C/c3cc(Cl)c(OCc4cccc(Cl)c4)c(OC)c3)c(=O)n2[C@@H]1c1ccc(OCC(=O)OC)c(OCC)c1. The summed E-state index contributed by atoms with van der Waals surface area (Å²) in [4.78, 5) is 44.4. The zero-order valence-electron chi connectivity index (χ0n) is 27.9. The lowest BCUT2D eigenvalue weighted by Gasteiger charge is -2.25. The summed E-state index contributed by atoms with van der Waals surface area (Å²) in [5.41, 5.74) is 2.17. The lowest BCUT2D eigenvalue weighted by atomic mass is 9.95. The van der Waals surface area contributed by atoms with Crippen LogP contribution < -0.4 is 33.8 Å². The third kappa shape index (κ3) is 7.99. The van der Waals surface area contributed by atoms with Crippen LogP contribution in [0.1, 0.15) is 43.5 Å². The number of methoxy groups -OCH3 is 2. The lowest BCUT2D eigenvalue weighted by Crippen LogP contribution is -2.40. The van der Waals surface area contributed by atoms with E-state index in [2.05, 4.69) is 9.73 Å². The van der Waals surface area contributed by atoms with Crippen molar-refractivity contribution in [3.63, 3.8) is 0 Å². The number of carbonyl (C=O) groups excluding carboxylic acids is 2. The topological polar surface area (TPSA) is 124 Å². The van der Waals surface area contributed by atoms with Gasteiger partial charge in [0.25, 0.3) is 5.56 Å². The molecule has 0 N–H and O–H groups in total. The molecule has 0 spiro atoms. The van der Waals surface area contributed by atoms with Gasteiger partial charge in [-0.2, -0.15) is 0 Å². The molecule has 0 saturated carbocycles. The first-order chi connectivity index (χ1) is 24.1. The van der Waals surface area contributed by atoms with Crippen molar-refractivity contribution < 1.29 is 38.0 Å². The summed E-state index contributed by atoms with van der Waals surface area (Å²) in [6, 6.07) is 14.7. The van der Waals surface area contributed by atoms with Gasteiger partial charge in [0.2, 0.25) is 0 Å². The van der Waals surface area contributed by atoms with Crippen molar-refractivity contribution in [2.75, 3.05) is 34.0 Å². The van der Waals surface area contributed by atoms with Gasteiger partial charge in [0.1, 0.15) is 6.61 Å². The third-order valence-electron chi connectivity index (χ3n) is 7.50. The fourth-order valence-electron chi connectivity index (χ4n) is 5.28. The van der Waals surface area contributed by atoms with Crippen molar-refractivity contribution >= 4 is 52.6 Å². The van der Waals surface area contributed by atoms with Crippen molar-refractivity contribution in [1.29, 1.82) is 0 Å². The maximum atomic E-state index is 14.2. The van der Waals surface area contributed by atoms with E-state index in [4.69, 9.17) is 46.9 Å². The van der Waals surface area contributed by atoms with Crippen LogP contribution in [0.3, 0.4) is 0 Å². The number of carbonyl (C=O) groups is 2. The standard InChI is InChI=1S/C36H34Cl2N2O9S/c1-6-46-27-17-23(11-12-26(27)48-19-30(41)45-5)32-31(35(43)47-7-2)20(3)39-36-40(32)34(42)29(50-36)16-22-14-25(38)33(28(15-22)44-4)49-18-21-9-8-10-24(37)13-21/h8-17,32H,6-7,18-19H2,1-5H3/b29-16+/t32-/m1/s1. The second-order valence-electron chi connectivity index (χ2n) is 10.8. The van der Waals surface area contributed by atoms with Crippen LogP contribution in [0.2, 0.25) is 10.0 Å². The zero-order chi connectivity index (χ0) is 35.9. The predicted octanol–water partition coefficient (Wildman–Crippen LogP) is 5.64. The summed E-state index contributed by atoms with van der Waals surface area (Å²) in [7, 11) is 2.76. The molecule has 0 saturated heterocycles. The van der Waals surface area contributed by atoms with Gasteiger partial charge in [-0.25, -0.2) is 14.6 Å². The minimum Gasteiger partial charge on any atom is -0.493 e. The Kier molecular flexibility index (Phi) is 11.9. The van der Waals surface area contributed by atoms with E-state index >= 15 is 0 Å². The van der Waals surface area contributed by atoms with Gasteiger partial charge in [-0.3, -0.25) is 9.36 Å². The zero-order valence-corrected chi connectivity index (χ0v) is 30.2. The van der Waals surface area contributed by atoms with E-state index in [0.717, 1.165) is 16.9 Å². The number of thiazole rings is 1. The molecule has 4 aromatic rings. The lowest BCUT2D eigenvalue weighted by molar-refractivity contribution is -0.143. The molecule has 11 nitrogen and oxygen atoms in total. The molecule has 3 aromatic carbocycles. The summed E-state index contributed by atoms with van der Waals surface area (Å²) in [5.74, 6) is 0.139. The number of allylic oxidation sites excluding steroid dienone is 1. The van der Waals surface area contributed by atoms with Gasteiger partial charge in [0, 0.05) is 5.02 Å². The number of hydrogen-bond donors (Lipinski definition) is 0. The quantitative estimate of drug-likeness (QED) is 0.160. The second kappa shape index (κ2) is 16.3. The molecule has 0 aliphatic carbocycles. The first-order valence-corrected chi connectivity index (χ1v) is 17.1. The van der Waals surface area contributed by atoms with Crippen molar-refractivity contribution in [3.8, 4) is 23.0 Å². The molecule has 0 bridgehead atoms. The van der Waals surface area contributed by atoms with E-state index in [1.807, 2.05) is 12.1 Å². The van der Waals surface area contributed by atoms with Crippen LogP contribution in [-0.4, -0.2) is 50.5 Å². The van der Waals surface area contributed by atoms with Crippen LogP contribution in [0.25, 0.3) is 6.08 Å². The van der Waals surface area contributed by atoms with E-state index in [0.29, 0.717) is 48.4 Å². The van der Waals surface area contributed by atoms with Gasteiger partial charge >= 0.3 is 11.9 Å². The highest BCUT2D eigenvalue weighted by Gasteiger charge is 2.34. The molecular formula is C36H34Cl2N2O9S. The van der Waals surface area contributed by atoms with Crippen LogP contribution in [0.4, 0.5) is 0 Å². The van der Waals surface area contributed by atoms with Crippen LogP contribution in [0, 0.1) is 0 Å². The number of ether oxygens (including phenoxy) is 6. The number of rotatable bonds is 13. The summed E-state index contributed by atoms with van der Waals surface area (Å²) in [5, 5.41) is 0.867. The Hall–Kier alpha value is -4.78. The Morgan fingerprint density at radius 2 is 1.76 bits per heavy atom. The number of hydrogen-bond acceptors (Lipinski definition) is 11. The van der Waals surface area contributed by atoms with Crippen LogP contribution in [-0.2, 0) is 25.7 Å². The van der Waals surface area contributed by atoms with Gasteiger partial charge in [0.15, 0.2) is 34.4 Å². The second-order valence-corrected chi connectivity index (χ2v) is 12.6. The normalized spacial score (nSPS) is 14.1. The van der Waals surface area contributed by atoms with E-state index in [1.54, 1.807) is 69.3 Å². The Balaban J connectivity index is 1.58. The Bertz CT molecular complexity index is 2140. The Labute approximate surface area is 301 Å². The van der Waals surface area contributed by atoms with Gasteiger partial charge < -0.3 is 28.4 Å². The minimum atomic E-state index is -0.915. The monoisotopic (exact) mass is 740 g/mol. The van der Waals surface area contributed by atoms with E-state index in [9.17, 15) is 14.4 Å². The first-order valence-electron chi connectivity index (χ1n) is 15.5. The molecule has 1 aliphatic heterocycles. The van der Waals surface area contributed by atoms with Crippen molar-refractivity contribution in [1.82, 2.24) is 4.57 Å². The number of aromatic nitrogens is 1. The number of nitrogens with zero attached hydrogens (tertiary/aromatic N) is 2. The average molecular weight is 742 g/mol. The molecule has 0 amide bonds. The molecular weight excluding hydrogens is 707 g/mol. The molecule has 50 heavy (non-hydrogen) atoms. The van der Waals surface area contributed by atoms with Crippen molar-refractivity contribution in [3.05, 3.63) is 112 Å². The molecule has 2 heterocycles. The summed E-state index contributed by atoms with van der Waals surface area (Å²) in [6.45, 7) is 5.48. The molecule has 14 heteroatoms. The average Bonchev–Trinajstić information content (AvgIpc) is 3.39. The maximum absolute atomic E-state index is 14.2. The molecule has 0 radical (unpaired) electrons. The molecule has 1 atom stereocenters. The van der Waals surface area contributed by atoms with Gasteiger partial charge in [0.05, 0.1) is 54.3 Å². The van der Waals surface area contributed by atoms with Crippen LogP contribution in [0.15, 0.2) is 75.7 Å². The first kappa shape index (κ1) is 36.5. The van der Waals surface area contributed by atoms with Crippen LogP contribution >= 0.6 is 34.5 Å². The molecule has 0 fully saturated rings. The minimum absolute atomic E-state index is 0.124. The molecule has 1 aromatic heterocycles. The highest BCUT2D eigenvalue weighted by Crippen LogP contribution is 2.38. The third-order valence-corrected chi connectivity index (χ3v) is 8.99. The fourth-order valence-corrected chi connectivity index (χ4v) is 6.81. The summed E-state index contributed by atoms with van der Waals surface area (Å²) in [6.07, 6.45) is 1.68. The smallest absolute Gasteiger partial charge is 0.343 e. The number of halogens is 2. The molecule has 262 valence electrons. The van der Waals surface area contributed by atoms with Crippen molar-refractivity contribution in [2.45, 2.75) is 33.4 Å². The summed E-state index contributed by atoms with van der Waals surface area (Å²) < 4.78 is 34.9. The maximum Gasteiger partial charge on any atom is 0.343 e.